The molecule has 0 aromatic heterocycles. The van der Waals surface area contributed by atoms with Gasteiger partial charge in [0.1, 0.15) is 0 Å². The third kappa shape index (κ3) is 4.82. The highest BCUT2D eigenvalue weighted by Gasteiger charge is 2.12. The lowest BCUT2D eigenvalue weighted by molar-refractivity contribution is 0.590. The molecule has 1 N–H and O–H groups in total. The smallest absolute Gasteiger partial charge is 0.0440 e. The molecule has 0 amide bonds. The van der Waals surface area contributed by atoms with E-state index in [-0.39, 0.29) is 5.41 Å². The summed E-state index contributed by atoms with van der Waals surface area (Å²) in [6.45, 7) is 8.91. The Labute approximate surface area is 133 Å². The van der Waals surface area contributed by atoms with Gasteiger partial charge in [-0.3, -0.25) is 0 Å². The van der Waals surface area contributed by atoms with Gasteiger partial charge in [0.15, 0.2) is 0 Å². The quantitative estimate of drug-likeness (QED) is 0.699. The molecule has 0 fully saturated rings. The zero-order valence-corrected chi connectivity index (χ0v) is 14.3. The van der Waals surface area contributed by atoms with Crippen LogP contribution in [0, 0.1) is 0 Å². The Morgan fingerprint density at radius 1 is 0.857 bits per heavy atom. The number of nitrogens with one attached hydrogen (secondary N) is 1. The first kappa shape index (κ1) is 16.0. The maximum Gasteiger partial charge on any atom is 0.0440 e. The highest BCUT2D eigenvalue weighted by Crippen LogP contribution is 2.25. The summed E-state index contributed by atoms with van der Waals surface area (Å²) in [5, 5.41) is 0. The highest BCUT2D eigenvalue weighted by atomic mass is 32.2. The Morgan fingerprint density at radius 2 is 1.43 bits per heavy atom. The van der Waals surface area contributed by atoms with Crippen LogP contribution in [-0.4, -0.2) is 0 Å². The van der Waals surface area contributed by atoms with E-state index in [1.807, 2.05) is 0 Å². The van der Waals surface area contributed by atoms with Crippen LogP contribution in [0.25, 0.3) is 0 Å². The second kappa shape index (κ2) is 7.04. The molecule has 0 unspecified atom stereocenters. The molecule has 0 heterocycles. The highest BCUT2D eigenvalue weighted by molar-refractivity contribution is 7.99. The Hall–Kier alpha value is -1.41. The molecule has 0 aliphatic carbocycles. The number of hydrogen-bond donors (Lipinski definition) is 1. The summed E-state index contributed by atoms with van der Waals surface area (Å²) in [6.07, 6.45) is 1.10. The summed E-state index contributed by atoms with van der Waals surface area (Å²) in [4.78, 5) is 0. The molecule has 2 rings (SSSR count). The minimum absolute atomic E-state index is 0.215. The average Bonchev–Trinajstić information content (AvgIpc) is 2.47. The lowest BCUT2D eigenvalue weighted by Crippen LogP contribution is -2.10. The van der Waals surface area contributed by atoms with E-state index in [1.165, 1.54) is 16.7 Å². The van der Waals surface area contributed by atoms with Gasteiger partial charge in [-0.1, -0.05) is 64.1 Å². The standard InChI is InChI=1S/C19H25NS/c1-5-15-6-8-16(9-7-15)14-21-20-18-12-10-17(11-13-18)19(2,3)4/h6-13,20H,5,14H2,1-4H3. The number of rotatable bonds is 5. The third-order valence-electron chi connectivity index (χ3n) is 3.61. The van der Waals surface area contributed by atoms with Crippen LogP contribution in [0.3, 0.4) is 0 Å². The summed E-state index contributed by atoms with van der Waals surface area (Å²) in [6, 6.07) is 17.6. The summed E-state index contributed by atoms with van der Waals surface area (Å²) in [5.41, 5.74) is 5.50. The normalized spacial score (nSPS) is 11.4. The van der Waals surface area contributed by atoms with E-state index < -0.39 is 0 Å². The molecule has 0 atom stereocenters. The summed E-state index contributed by atoms with van der Waals surface area (Å²) >= 11 is 1.74. The molecular formula is C19H25NS. The van der Waals surface area contributed by atoms with Crippen molar-refractivity contribution in [1.29, 1.82) is 0 Å². The molecule has 0 spiro atoms. The van der Waals surface area contributed by atoms with Crippen LogP contribution in [0.5, 0.6) is 0 Å². The largest absolute Gasteiger partial charge is 0.329 e. The van der Waals surface area contributed by atoms with Crippen molar-refractivity contribution < 1.29 is 0 Å². The van der Waals surface area contributed by atoms with Gasteiger partial charge >= 0.3 is 0 Å². The van der Waals surface area contributed by atoms with Crippen molar-refractivity contribution in [2.24, 2.45) is 0 Å². The number of benzene rings is 2. The van der Waals surface area contributed by atoms with E-state index in [4.69, 9.17) is 0 Å². The number of hydrogen-bond acceptors (Lipinski definition) is 2. The molecule has 2 aromatic rings. The Balaban J connectivity index is 1.85. The van der Waals surface area contributed by atoms with E-state index in [1.54, 1.807) is 11.9 Å². The maximum atomic E-state index is 3.42. The summed E-state index contributed by atoms with van der Waals surface area (Å²) in [7, 11) is 0. The van der Waals surface area contributed by atoms with Gasteiger partial charge in [-0.25, -0.2) is 0 Å². The van der Waals surface area contributed by atoms with E-state index in [2.05, 4.69) is 80.9 Å². The van der Waals surface area contributed by atoms with Crippen molar-refractivity contribution in [3.05, 3.63) is 65.2 Å². The second-order valence-electron chi connectivity index (χ2n) is 6.39. The molecule has 1 nitrogen and oxygen atoms in total. The summed E-state index contributed by atoms with van der Waals surface area (Å²) in [5.74, 6) is 0.977. The fourth-order valence-corrected chi connectivity index (χ4v) is 2.85. The molecule has 0 bridgehead atoms. The van der Waals surface area contributed by atoms with Crippen LogP contribution in [0.4, 0.5) is 5.69 Å². The molecule has 0 aliphatic rings. The molecule has 112 valence electrons. The zero-order valence-electron chi connectivity index (χ0n) is 13.4. The van der Waals surface area contributed by atoms with Crippen molar-refractivity contribution in [3.8, 4) is 0 Å². The van der Waals surface area contributed by atoms with Gasteiger partial charge in [-0.15, -0.1) is 0 Å². The Kier molecular flexibility index (Phi) is 5.35. The Bertz CT molecular complexity index is 550. The van der Waals surface area contributed by atoms with Crippen molar-refractivity contribution >= 4 is 17.6 Å². The first-order chi connectivity index (χ1) is 9.99. The third-order valence-corrected chi connectivity index (χ3v) is 4.47. The maximum absolute atomic E-state index is 3.42. The van der Waals surface area contributed by atoms with Gasteiger partial charge in [0, 0.05) is 11.4 Å². The van der Waals surface area contributed by atoms with Gasteiger partial charge < -0.3 is 4.72 Å². The molecule has 0 saturated carbocycles. The molecular weight excluding hydrogens is 274 g/mol. The van der Waals surface area contributed by atoms with Gasteiger partial charge in [-0.2, -0.15) is 0 Å². The SMILES string of the molecule is CCc1ccc(CSNc2ccc(C(C)(C)C)cc2)cc1. The number of anilines is 1. The first-order valence-electron chi connectivity index (χ1n) is 7.55. The predicted molar refractivity (Wildman–Crippen MR) is 95.9 cm³/mol. The van der Waals surface area contributed by atoms with Crippen molar-refractivity contribution in [2.75, 3.05) is 4.72 Å². The van der Waals surface area contributed by atoms with Crippen molar-refractivity contribution in [1.82, 2.24) is 0 Å². The fourth-order valence-electron chi connectivity index (χ4n) is 2.11. The molecule has 2 heteroatoms. The zero-order chi connectivity index (χ0) is 15.3. The lowest BCUT2D eigenvalue weighted by atomic mass is 9.87. The Morgan fingerprint density at radius 3 is 1.95 bits per heavy atom. The minimum atomic E-state index is 0.215. The van der Waals surface area contributed by atoms with Crippen LogP contribution in [-0.2, 0) is 17.6 Å². The van der Waals surface area contributed by atoms with E-state index in [0.29, 0.717) is 0 Å². The van der Waals surface area contributed by atoms with Crippen LogP contribution < -0.4 is 4.72 Å². The van der Waals surface area contributed by atoms with Gasteiger partial charge in [-0.05, 0) is 52.6 Å². The topological polar surface area (TPSA) is 12.0 Å². The molecule has 0 radical (unpaired) electrons. The minimum Gasteiger partial charge on any atom is -0.329 e. The molecule has 0 aliphatic heterocycles. The van der Waals surface area contributed by atoms with Crippen LogP contribution in [0.1, 0.15) is 44.4 Å². The van der Waals surface area contributed by atoms with Crippen LogP contribution in [0.15, 0.2) is 48.5 Å². The van der Waals surface area contributed by atoms with Crippen molar-refractivity contribution in [2.45, 2.75) is 45.3 Å². The van der Waals surface area contributed by atoms with Crippen molar-refractivity contribution in [3.63, 3.8) is 0 Å². The fraction of sp³-hybridized carbons (Fsp3) is 0.368. The summed E-state index contributed by atoms with van der Waals surface area (Å²) < 4.78 is 3.42. The van der Waals surface area contributed by atoms with Crippen LogP contribution >= 0.6 is 11.9 Å². The lowest BCUT2D eigenvalue weighted by Gasteiger charge is -2.19. The van der Waals surface area contributed by atoms with E-state index in [9.17, 15) is 0 Å². The molecule has 0 saturated heterocycles. The monoisotopic (exact) mass is 299 g/mol. The second-order valence-corrected chi connectivity index (χ2v) is 7.17. The number of aryl methyl sites for hydroxylation is 1. The van der Waals surface area contributed by atoms with Gasteiger partial charge in [0.05, 0.1) is 0 Å². The first-order valence-corrected chi connectivity index (χ1v) is 8.54. The van der Waals surface area contributed by atoms with E-state index >= 15 is 0 Å². The van der Waals surface area contributed by atoms with E-state index in [0.717, 1.165) is 17.9 Å². The molecule has 21 heavy (non-hydrogen) atoms. The predicted octanol–water partition coefficient (Wildman–Crippen LogP) is 5.81. The molecule has 2 aromatic carbocycles. The van der Waals surface area contributed by atoms with Gasteiger partial charge in [0.25, 0.3) is 0 Å². The van der Waals surface area contributed by atoms with Crippen LogP contribution in [0.2, 0.25) is 0 Å². The van der Waals surface area contributed by atoms with Gasteiger partial charge in [0.2, 0.25) is 0 Å². The average molecular weight is 299 g/mol.